The van der Waals surface area contributed by atoms with Crippen molar-refractivity contribution < 1.29 is 19.1 Å². The van der Waals surface area contributed by atoms with Crippen molar-refractivity contribution in [1.82, 2.24) is 14.9 Å². The average molecular weight is 383 g/mol. The minimum Gasteiger partial charge on any atom is -0.465 e. The quantitative estimate of drug-likeness (QED) is 0.791. The van der Waals surface area contributed by atoms with E-state index in [0.717, 1.165) is 0 Å². The van der Waals surface area contributed by atoms with E-state index in [2.05, 4.69) is 15.3 Å². The van der Waals surface area contributed by atoms with Gasteiger partial charge in [-0.25, -0.2) is 14.8 Å². The number of piperazine rings is 1. The summed E-state index contributed by atoms with van der Waals surface area (Å²) < 4.78 is 4.74. The van der Waals surface area contributed by atoms with Crippen LogP contribution in [-0.4, -0.2) is 65.9 Å². The van der Waals surface area contributed by atoms with Crippen LogP contribution in [0.1, 0.15) is 27.8 Å². The number of nitrogens with zero attached hydrogens (tertiary/aromatic N) is 4. The third-order valence-corrected chi connectivity index (χ3v) is 4.46. The van der Waals surface area contributed by atoms with Gasteiger partial charge >= 0.3 is 5.97 Å². The Bertz CT molecular complexity index is 893. The summed E-state index contributed by atoms with van der Waals surface area (Å²) in [4.78, 5) is 48.2. The molecule has 3 rings (SSSR count). The fourth-order valence-corrected chi connectivity index (χ4v) is 2.91. The summed E-state index contributed by atoms with van der Waals surface area (Å²) in [6.45, 7) is 3.90. The fourth-order valence-electron chi connectivity index (χ4n) is 2.91. The Kier molecular flexibility index (Phi) is 5.83. The summed E-state index contributed by atoms with van der Waals surface area (Å²) >= 11 is 0. The molecule has 1 N–H and O–H groups in total. The van der Waals surface area contributed by atoms with Gasteiger partial charge in [0.1, 0.15) is 5.69 Å². The summed E-state index contributed by atoms with van der Waals surface area (Å²) in [5, 5.41) is 2.69. The lowest BCUT2D eigenvalue weighted by atomic mass is 10.1. The Morgan fingerprint density at radius 2 is 1.79 bits per heavy atom. The molecular formula is C19H21N5O4. The zero-order chi connectivity index (χ0) is 20.1. The van der Waals surface area contributed by atoms with Crippen LogP contribution in [0.25, 0.3) is 0 Å². The molecule has 1 aromatic carbocycles. The van der Waals surface area contributed by atoms with E-state index in [1.54, 1.807) is 36.1 Å². The molecule has 9 nitrogen and oxygen atoms in total. The van der Waals surface area contributed by atoms with Crippen LogP contribution in [0, 0.1) is 0 Å². The molecule has 2 heterocycles. The Morgan fingerprint density at radius 3 is 2.46 bits per heavy atom. The van der Waals surface area contributed by atoms with Crippen LogP contribution in [0.15, 0.2) is 36.5 Å². The van der Waals surface area contributed by atoms with Gasteiger partial charge in [0.2, 0.25) is 11.9 Å². The summed E-state index contributed by atoms with van der Waals surface area (Å²) in [7, 11) is 1.28. The van der Waals surface area contributed by atoms with Crippen molar-refractivity contribution in [3.8, 4) is 0 Å². The predicted octanol–water partition coefficient (Wildman–Crippen LogP) is 1.18. The third kappa shape index (κ3) is 4.25. The van der Waals surface area contributed by atoms with Crippen molar-refractivity contribution in [3.05, 3.63) is 47.8 Å². The molecule has 1 saturated heterocycles. The molecule has 0 saturated carbocycles. The van der Waals surface area contributed by atoms with Gasteiger partial charge in [-0.3, -0.25) is 9.59 Å². The number of nitrogens with one attached hydrogen (secondary N) is 1. The van der Waals surface area contributed by atoms with Gasteiger partial charge < -0.3 is 19.9 Å². The van der Waals surface area contributed by atoms with E-state index in [4.69, 9.17) is 4.74 Å². The lowest BCUT2D eigenvalue weighted by Crippen LogP contribution is -2.48. The zero-order valence-corrected chi connectivity index (χ0v) is 15.7. The molecule has 0 spiro atoms. The lowest BCUT2D eigenvalue weighted by Gasteiger charge is -2.34. The Morgan fingerprint density at radius 1 is 1.07 bits per heavy atom. The Hall–Kier alpha value is -3.49. The van der Waals surface area contributed by atoms with Gasteiger partial charge in [0.15, 0.2) is 0 Å². The summed E-state index contributed by atoms with van der Waals surface area (Å²) in [6.07, 6.45) is 1.51. The molecule has 2 aromatic rings. The lowest BCUT2D eigenvalue weighted by molar-refractivity contribution is -0.129. The molecule has 1 aromatic heterocycles. The van der Waals surface area contributed by atoms with Gasteiger partial charge in [-0.1, -0.05) is 12.1 Å². The first-order valence-electron chi connectivity index (χ1n) is 8.82. The molecule has 0 radical (unpaired) electrons. The van der Waals surface area contributed by atoms with Gasteiger partial charge in [-0.2, -0.15) is 0 Å². The molecule has 1 aliphatic rings. The first kappa shape index (κ1) is 19.3. The van der Waals surface area contributed by atoms with Crippen molar-refractivity contribution in [2.45, 2.75) is 6.92 Å². The number of carbonyl (C=O) groups excluding carboxylic acids is 3. The summed E-state index contributed by atoms with van der Waals surface area (Å²) in [6, 6.07) is 8.09. The second-order valence-corrected chi connectivity index (χ2v) is 6.23. The van der Waals surface area contributed by atoms with Crippen LogP contribution in [-0.2, 0) is 9.53 Å². The van der Waals surface area contributed by atoms with Gasteiger partial charge in [0.05, 0.1) is 18.4 Å². The standard InChI is InChI=1S/C19H21N5O4/c1-13(25)23-9-11-24(12-10-23)19-20-8-7-16(22-19)17(26)21-15-6-4-3-5-14(15)18(27)28-2/h3-8H,9-12H2,1-2H3,(H,21,26). The first-order valence-corrected chi connectivity index (χ1v) is 8.82. The Balaban J connectivity index is 1.73. The van der Waals surface area contributed by atoms with Crippen LogP contribution in [0.2, 0.25) is 0 Å². The highest BCUT2D eigenvalue weighted by Crippen LogP contribution is 2.18. The molecule has 28 heavy (non-hydrogen) atoms. The smallest absolute Gasteiger partial charge is 0.339 e. The van der Waals surface area contributed by atoms with Crippen LogP contribution in [0.4, 0.5) is 11.6 Å². The highest BCUT2D eigenvalue weighted by molar-refractivity contribution is 6.07. The predicted molar refractivity (Wildman–Crippen MR) is 102 cm³/mol. The maximum Gasteiger partial charge on any atom is 0.339 e. The average Bonchev–Trinajstić information content (AvgIpc) is 2.73. The number of hydrogen-bond acceptors (Lipinski definition) is 7. The summed E-state index contributed by atoms with van der Waals surface area (Å²) in [5.41, 5.74) is 0.779. The molecule has 9 heteroatoms. The number of esters is 1. The van der Waals surface area contributed by atoms with E-state index in [1.165, 1.54) is 19.4 Å². The van der Waals surface area contributed by atoms with Crippen LogP contribution in [0.5, 0.6) is 0 Å². The van der Waals surface area contributed by atoms with Crippen molar-refractivity contribution >= 4 is 29.4 Å². The number of amides is 2. The highest BCUT2D eigenvalue weighted by atomic mass is 16.5. The van der Waals surface area contributed by atoms with Crippen molar-refractivity contribution in [2.24, 2.45) is 0 Å². The minimum absolute atomic E-state index is 0.0398. The summed E-state index contributed by atoms with van der Waals surface area (Å²) in [5.74, 6) is -0.528. The van der Waals surface area contributed by atoms with Crippen LogP contribution >= 0.6 is 0 Å². The van der Waals surface area contributed by atoms with Crippen molar-refractivity contribution in [1.29, 1.82) is 0 Å². The van der Waals surface area contributed by atoms with Gasteiger partial charge in [-0.05, 0) is 18.2 Å². The minimum atomic E-state index is -0.539. The van der Waals surface area contributed by atoms with Crippen LogP contribution in [0.3, 0.4) is 0 Å². The normalized spacial score (nSPS) is 13.8. The number of hydrogen-bond donors (Lipinski definition) is 1. The number of benzene rings is 1. The molecule has 2 amide bonds. The maximum absolute atomic E-state index is 12.6. The number of aromatic nitrogens is 2. The van der Waals surface area contributed by atoms with E-state index >= 15 is 0 Å². The molecule has 0 unspecified atom stereocenters. The largest absolute Gasteiger partial charge is 0.465 e. The van der Waals surface area contributed by atoms with Gasteiger partial charge in [0.25, 0.3) is 5.91 Å². The van der Waals surface area contributed by atoms with Gasteiger partial charge in [0, 0.05) is 39.3 Å². The molecule has 0 aliphatic carbocycles. The number of anilines is 2. The molecule has 146 valence electrons. The molecule has 1 aliphatic heterocycles. The second-order valence-electron chi connectivity index (χ2n) is 6.23. The van der Waals surface area contributed by atoms with E-state index in [1.807, 2.05) is 4.90 Å². The topological polar surface area (TPSA) is 105 Å². The number of methoxy groups -OCH3 is 1. The van der Waals surface area contributed by atoms with E-state index in [9.17, 15) is 14.4 Å². The zero-order valence-electron chi connectivity index (χ0n) is 15.7. The Labute approximate surface area is 162 Å². The number of carbonyl (C=O) groups is 3. The maximum atomic E-state index is 12.6. The third-order valence-electron chi connectivity index (χ3n) is 4.46. The van der Waals surface area contributed by atoms with Gasteiger partial charge in [-0.15, -0.1) is 0 Å². The van der Waals surface area contributed by atoms with Crippen molar-refractivity contribution in [3.63, 3.8) is 0 Å². The SMILES string of the molecule is COC(=O)c1ccccc1NC(=O)c1ccnc(N2CCN(C(C)=O)CC2)n1. The molecular weight excluding hydrogens is 362 g/mol. The number of ether oxygens (including phenoxy) is 1. The first-order chi connectivity index (χ1) is 13.5. The van der Waals surface area contributed by atoms with Crippen molar-refractivity contribution in [2.75, 3.05) is 43.5 Å². The highest BCUT2D eigenvalue weighted by Gasteiger charge is 2.22. The van der Waals surface area contributed by atoms with E-state index in [-0.39, 0.29) is 17.2 Å². The molecule has 0 bridgehead atoms. The van der Waals surface area contributed by atoms with E-state index < -0.39 is 11.9 Å². The molecule has 1 fully saturated rings. The molecule has 0 atom stereocenters. The van der Waals surface area contributed by atoms with E-state index in [0.29, 0.717) is 37.8 Å². The second kappa shape index (κ2) is 8.47. The monoisotopic (exact) mass is 383 g/mol. The fraction of sp³-hybridized carbons (Fsp3) is 0.316. The number of rotatable bonds is 4. The van der Waals surface area contributed by atoms with Crippen LogP contribution < -0.4 is 10.2 Å². The number of para-hydroxylation sites is 1.